The van der Waals surface area contributed by atoms with Gasteiger partial charge < -0.3 is 10.1 Å². The standard InChI is InChI=1S/C11H12BrF2NO2/c1-7(12)10(16)15-6-8-4-2-3-5-9(8)17-11(13)14/h2-5,7,11H,6H2,1H3,(H,15,16). The summed E-state index contributed by atoms with van der Waals surface area (Å²) in [5.41, 5.74) is 0.509. The molecule has 0 aliphatic heterocycles. The second-order valence-electron chi connectivity index (χ2n) is 3.32. The lowest BCUT2D eigenvalue weighted by Gasteiger charge is -2.11. The topological polar surface area (TPSA) is 38.3 Å². The molecule has 1 aromatic carbocycles. The average Bonchev–Trinajstić information content (AvgIpc) is 2.26. The van der Waals surface area contributed by atoms with Crippen molar-refractivity contribution >= 4 is 21.8 Å². The van der Waals surface area contributed by atoms with Crippen LogP contribution in [0, 0.1) is 0 Å². The molecule has 0 aromatic heterocycles. The van der Waals surface area contributed by atoms with Gasteiger partial charge in [0.2, 0.25) is 5.91 Å². The number of hydrogen-bond acceptors (Lipinski definition) is 2. The fourth-order valence-corrected chi connectivity index (χ4v) is 1.35. The Bertz CT molecular complexity index is 385. The minimum Gasteiger partial charge on any atom is -0.434 e. The average molecular weight is 308 g/mol. The van der Waals surface area contributed by atoms with Crippen molar-refractivity contribution in [1.82, 2.24) is 5.32 Å². The van der Waals surface area contributed by atoms with Crippen molar-refractivity contribution in [2.45, 2.75) is 24.9 Å². The number of benzene rings is 1. The Labute approximate surface area is 106 Å². The van der Waals surface area contributed by atoms with Crippen LogP contribution in [-0.2, 0) is 11.3 Å². The largest absolute Gasteiger partial charge is 0.434 e. The molecule has 1 atom stereocenters. The van der Waals surface area contributed by atoms with Gasteiger partial charge in [0, 0.05) is 12.1 Å². The first kappa shape index (κ1) is 13.9. The van der Waals surface area contributed by atoms with E-state index in [9.17, 15) is 13.6 Å². The molecule has 17 heavy (non-hydrogen) atoms. The van der Waals surface area contributed by atoms with Crippen molar-refractivity contribution < 1.29 is 18.3 Å². The first-order valence-corrected chi connectivity index (χ1v) is 5.86. The summed E-state index contributed by atoms with van der Waals surface area (Å²) in [4.78, 5) is 11.0. The van der Waals surface area contributed by atoms with Gasteiger partial charge in [0.1, 0.15) is 5.75 Å². The SMILES string of the molecule is CC(Br)C(=O)NCc1ccccc1OC(F)F. The number of nitrogens with one attached hydrogen (secondary N) is 1. The van der Waals surface area contributed by atoms with Gasteiger partial charge in [-0.05, 0) is 13.0 Å². The summed E-state index contributed by atoms with van der Waals surface area (Å²) in [7, 11) is 0. The summed E-state index contributed by atoms with van der Waals surface area (Å²) in [6.07, 6.45) is 0. The van der Waals surface area contributed by atoms with Crippen molar-refractivity contribution in [3.63, 3.8) is 0 Å². The van der Waals surface area contributed by atoms with Crippen molar-refractivity contribution in [2.75, 3.05) is 0 Å². The zero-order valence-corrected chi connectivity index (χ0v) is 10.7. The Morgan fingerprint density at radius 1 is 1.47 bits per heavy atom. The third-order valence-electron chi connectivity index (χ3n) is 2.00. The van der Waals surface area contributed by atoms with E-state index in [1.165, 1.54) is 6.07 Å². The van der Waals surface area contributed by atoms with Gasteiger partial charge >= 0.3 is 6.61 Å². The highest BCUT2D eigenvalue weighted by atomic mass is 79.9. The van der Waals surface area contributed by atoms with Crippen LogP contribution in [0.4, 0.5) is 8.78 Å². The highest BCUT2D eigenvalue weighted by Gasteiger charge is 2.11. The summed E-state index contributed by atoms with van der Waals surface area (Å²) >= 11 is 3.11. The molecule has 0 heterocycles. The van der Waals surface area contributed by atoms with E-state index >= 15 is 0 Å². The molecular formula is C11H12BrF2NO2. The quantitative estimate of drug-likeness (QED) is 0.849. The minimum absolute atomic E-state index is 0.0741. The van der Waals surface area contributed by atoms with Gasteiger partial charge in [-0.3, -0.25) is 4.79 Å². The molecule has 1 aromatic rings. The molecule has 3 nitrogen and oxygen atoms in total. The molecule has 0 bridgehead atoms. The molecule has 1 rings (SSSR count). The predicted octanol–water partition coefficient (Wildman–Crippen LogP) is 2.69. The van der Waals surface area contributed by atoms with Gasteiger partial charge in [0.15, 0.2) is 0 Å². The first-order chi connectivity index (χ1) is 8.00. The van der Waals surface area contributed by atoms with Crippen LogP contribution in [0.25, 0.3) is 0 Å². The number of ether oxygens (including phenoxy) is 1. The van der Waals surface area contributed by atoms with E-state index in [0.29, 0.717) is 5.56 Å². The molecule has 94 valence electrons. The number of para-hydroxylation sites is 1. The molecule has 0 radical (unpaired) electrons. The van der Waals surface area contributed by atoms with Crippen LogP contribution >= 0.6 is 15.9 Å². The van der Waals surface area contributed by atoms with Crippen LogP contribution in [0.5, 0.6) is 5.75 Å². The number of amides is 1. The van der Waals surface area contributed by atoms with Crippen LogP contribution in [0.3, 0.4) is 0 Å². The van der Waals surface area contributed by atoms with Crippen LogP contribution in [0.2, 0.25) is 0 Å². The van der Waals surface area contributed by atoms with Crippen LogP contribution in [0.15, 0.2) is 24.3 Å². The van der Waals surface area contributed by atoms with Crippen molar-refractivity contribution in [3.05, 3.63) is 29.8 Å². The fourth-order valence-electron chi connectivity index (χ4n) is 1.18. The van der Waals surface area contributed by atoms with E-state index in [4.69, 9.17) is 0 Å². The van der Waals surface area contributed by atoms with E-state index < -0.39 is 6.61 Å². The third kappa shape index (κ3) is 4.68. The lowest BCUT2D eigenvalue weighted by atomic mass is 10.2. The molecule has 0 fully saturated rings. The van der Waals surface area contributed by atoms with E-state index in [1.807, 2.05) is 0 Å². The Morgan fingerprint density at radius 2 is 2.12 bits per heavy atom. The maximum absolute atomic E-state index is 12.1. The van der Waals surface area contributed by atoms with Crippen LogP contribution in [-0.4, -0.2) is 17.3 Å². The first-order valence-electron chi connectivity index (χ1n) is 4.95. The van der Waals surface area contributed by atoms with Gasteiger partial charge in [0.05, 0.1) is 4.83 Å². The summed E-state index contributed by atoms with van der Waals surface area (Å²) in [5.74, 6) is -0.137. The minimum atomic E-state index is -2.87. The van der Waals surface area contributed by atoms with Gasteiger partial charge in [-0.2, -0.15) is 8.78 Å². The molecule has 0 aliphatic rings. The molecule has 0 aliphatic carbocycles. The van der Waals surface area contributed by atoms with Crippen molar-refractivity contribution in [3.8, 4) is 5.75 Å². The van der Waals surface area contributed by atoms with Gasteiger partial charge in [-0.1, -0.05) is 34.1 Å². The second kappa shape index (κ2) is 6.54. The zero-order chi connectivity index (χ0) is 12.8. The lowest BCUT2D eigenvalue weighted by molar-refractivity contribution is -0.120. The summed E-state index contributed by atoms with van der Waals surface area (Å²) in [6, 6.07) is 6.34. The van der Waals surface area contributed by atoms with Crippen molar-refractivity contribution in [2.24, 2.45) is 0 Å². The molecule has 0 spiro atoms. The third-order valence-corrected chi connectivity index (χ3v) is 2.42. The fraction of sp³-hybridized carbons (Fsp3) is 0.364. The monoisotopic (exact) mass is 307 g/mol. The number of hydrogen-bond donors (Lipinski definition) is 1. The summed E-state index contributed by atoms with van der Waals surface area (Å²) in [5, 5.41) is 2.60. The van der Waals surface area contributed by atoms with E-state index in [1.54, 1.807) is 25.1 Å². The summed E-state index contributed by atoms with van der Waals surface area (Å²) < 4.78 is 28.6. The molecule has 0 saturated carbocycles. The maximum atomic E-state index is 12.1. The number of rotatable bonds is 5. The molecule has 0 saturated heterocycles. The highest BCUT2D eigenvalue weighted by Crippen LogP contribution is 2.20. The van der Waals surface area contributed by atoms with Crippen LogP contribution < -0.4 is 10.1 Å². The smallest absolute Gasteiger partial charge is 0.387 e. The summed E-state index contributed by atoms with van der Waals surface area (Å²) in [6.45, 7) is -1.05. The molecule has 1 unspecified atom stereocenters. The number of carbonyl (C=O) groups is 1. The molecule has 6 heteroatoms. The molecular weight excluding hydrogens is 296 g/mol. The Morgan fingerprint density at radius 3 is 2.71 bits per heavy atom. The Kier molecular flexibility index (Phi) is 5.34. The number of alkyl halides is 3. The lowest BCUT2D eigenvalue weighted by Crippen LogP contribution is -2.29. The van der Waals surface area contributed by atoms with Gasteiger partial charge in [0.25, 0.3) is 0 Å². The van der Waals surface area contributed by atoms with E-state index in [-0.39, 0.29) is 23.0 Å². The van der Waals surface area contributed by atoms with E-state index in [0.717, 1.165) is 0 Å². The number of halogens is 3. The number of carbonyl (C=O) groups excluding carboxylic acids is 1. The Hall–Kier alpha value is -1.17. The maximum Gasteiger partial charge on any atom is 0.387 e. The van der Waals surface area contributed by atoms with Gasteiger partial charge in [-0.15, -0.1) is 0 Å². The molecule has 1 amide bonds. The van der Waals surface area contributed by atoms with E-state index in [2.05, 4.69) is 26.0 Å². The van der Waals surface area contributed by atoms with Gasteiger partial charge in [-0.25, -0.2) is 0 Å². The highest BCUT2D eigenvalue weighted by molar-refractivity contribution is 9.10. The van der Waals surface area contributed by atoms with Crippen LogP contribution in [0.1, 0.15) is 12.5 Å². The second-order valence-corrected chi connectivity index (χ2v) is 4.69. The molecule has 1 N–H and O–H groups in total. The normalized spacial score (nSPS) is 12.3. The van der Waals surface area contributed by atoms with Crippen molar-refractivity contribution in [1.29, 1.82) is 0 Å². The predicted molar refractivity (Wildman–Crippen MR) is 63.3 cm³/mol. The zero-order valence-electron chi connectivity index (χ0n) is 9.12. The Balaban J connectivity index is 2.67.